The van der Waals surface area contributed by atoms with Gasteiger partial charge in [0.2, 0.25) is 17.5 Å². The molecule has 3 saturated heterocycles. The van der Waals surface area contributed by atoms with E-state index in [1.165, 1.54) is 6.33 Å². The van der Waals surface area contributed by atoms with E-state index in [0.29, 0.717) is 0 Å². The highest BCUT2D eigenvalue weighted by Crippen LogP contribution is 2.30. The molecule has 0 radical (unpaired) electrons. The Morgan fingerprint density at radius 1 is 0.569 bits per heavy atom. The fraction of sp³-hybridized carbons (Fsp3) is 0.625. The van der Waals surface area contributed by atoms with Gasteiger partial charge in [-0.2, -0.15) is 0 Å². The Labute approximate surface area is 284 Å². The second-order valence-electron chi connectivity index (χ2n) is 11.0. The molecule has 27 heteroatoms. The van der Waals surface area contributed by atoms with E-state index in [2.05, 4.69) is 30.2 Å². The molecule has 0 bridgehead atoms. The number of carbonyl (C=O) groups excluding carboxylic acids is 2. The summed E-state index contributed by atoms with van der Waals surface area (Å²) in [4.78, 5) is 32.5. The van der Waals surface area contributed by atoms with Crippen LogP contribution in [0.3, 0.4) is 0 Å². The lowest BCUT2D eigenvalue weighted by Gasteiger charge is -2.13. The number of aliphatic hydroxyl groups excluding tert-OH is 9. The van der Waals surface area contributed by atoms with Gasteiger partial charge >= 0.3 is 0 Å². The molecule has 27 nitrogen and oxygen atoms in total. The maximum absolute atomic E-state index is 10.8. The van der Waals surface area contributed by atoms with E-state index in [1.807, 2.05) is 0 Å². The lowest BCUT2D eigenvalue weighted by Crippen LogP contribution is -2.33. The van der Waals surface area contributed by atoms with Crippen LogP contribution < -0.4 is 17.2 Å². The highest BCUT2D eigenvalue weighted by atomic mass is 16.6. The summed E-state index contributed by atoms with van der Waals surface area (Å²) in [5.41, 5.74) is 15.1. The van der Waals surface area contributed by atoms with Crippen LogP contribution in [0.5, 0.6) is 0 Å². The van der Waals surface area contributed by atoms with Crippen LogP contribution in [-0.4, -0.2) is 183 Å². The Balaban J connectivity index is 0.000000172. The summed E-state index contributed by atoms with van der Waals surface area (Å²) in [6.07, 6.45) is -9.55. The molecule has 12 atom stereocenters. The molecule has 0 aliphatic carbocycles. The van der Waals surface area contributed by atoms with Gasteiger partial charge in [0.05, 0.1) is 19.8 Å². The minimum atomic E-state index is -1.27. The number of rotatable bonds is 9. The first-order chi connectivity index (χ1) is 24.1. The van der Waals surface area contributed by atoms with Crippen molar-refractivity contribution in [1.29, 1.82) is 5.41 Å². The Morgan fingerprint density at radius 2 is 0.843 bits per heavy atom. The van der Waals surface area contributed by atoms with Crippen molar-refractivity contribution in [2.24, 2.45) is 17.2 Å². The van der Waals surface area contributed by atoms with Crippen LogP contribution in [0, 0.1) is 5.41 Å². The molecule has 6 rings (SSSR count). The lowest BCUT2D eigenvalue weighted by atomic mass is 10.1. The van der Waals surface area contributed by atoms with Crippen molar-refractivity contribution >= 4 is 17.6 Å². The maximum Gasteiger partial charge on any atom is 0.288 e. The van der Waals surface area contributed by atoms with Gasteiger partial charge in [-0.25, -0.2) is 29.0 Å². The van der Waals surface area contributed by atoms with Crippen molar-refractivity contribution in [3.8, 4) is 0 Å². The summed E-state index contributed by atoms with van der Waals surface area (Å²) in [6.45, 7) is -1.29. The molecule has 6 heterocycles. The molecule has 51 heavy (non-hydrogen) atoms. The van der Waals surface area contributed by atoms with Crippen LogP contribution in [0.1, 0.15) is 45.7 Å². The number of aromatic nitrogens is 9. The molecular weight excluding hydrogens is 694 g/mol. The monoisotopic (exact) mass is 731 g/mol. The van der Waals surface area contributed by atoms with E-state index < -0.39 is 105 Å². The molecule has 3 aromatic heterocycles. The Morgan fingerprint density at radius 3 is 1.04 bits per heavy atom. The van der Waals surface area contributed by atoms with Gasteiger partial charge in [-0.1, -0.05) is 0 Å². The van der Waals surface area contributed by atoms with Crippen LogP contribution in [0.2, 0.25) is 0 Å². The molecule has 0 aromatic carbocycles. The number of nitrogens with two attached hydrogens (primary N) is 3. The average Bonchev–Trinajstić information content (AvgIpc) is 3.96. The molecule has 3 fully saturated rings. The van der Waals surface area contributed by atoms with Crippen molar-refractivity contribution in [3.63, 3.8) is 0 Å². The molecule has 0 spiro atoms. The number of ether oxygens (including phenoxy) is 3. The first kappa shape index (κ1) is 39.1. The quantitative estimate of drug-likeness (QED) is 0.0717. The van der Waals surface area contributed by atoms with E-state index in [1.54, 1.807) is 0 Å². The van der Waals surface area contributed by atoms with Gasteiger partial charge < -0.3 is 77.4 Å². The zero-order valence-corrected chi connectivity index (χ0v) is 26.1. The van der Waals surface area contributed by atoms with Gasteiger partial charge in [0.1, 0.15) is 73.9 Å². The van der Waals surface area contributed by atoms with Crippen molar-refractivity contribution in [2.75, 3.05) is 19.8 Å². The van der Waals surface area contributed by atoms with Gasteiger partial charge in [0, 0.05) is 0 Å². The number of aliphatic hydroxyl groups is 9. The van der Waals surface area contributed by atoms with Crippen LogP contribution in [0.15, 0.2) is 19.0 Å². The summed E-state index contributed by atoms with van der Waals surface area (Å²) in [5, 5.41) is 103. The second-order valence-corrected chi connectivity index (χ2v) is 11.0. The van der Waals surface area contributed by atoms with Gasteiger partial charge in [0.15, 0.2) is 24.5 Å². The molecule has 3 aliphatic heterocycles. The van der Waals surface area contributed by atoms with Crippen LogP contribution in [0.25, 0.3) is 0 Å². The van der Waals surface area contributed by atoms with Gasteiger partial charge in [0.25, 0.3) is 11.8 Å². The first-order valence-electron chi connectivity index (χ1n) is 14.7. The summed E-state index contributed by atoms with van der Waals surface area (Å²) in [7, 11) is 0. The standard InChI is InChI=1S/C8H13N5O4.2C8H12N4O5/c9-6(10)7-11-2-13(12-7)8-5(16)4(15)3(1-14)17-8;2*9-6(16)7-10-2-12(11-7)8-5(15)4(14)3(1-13)17-8/h2-5,8,14-16H,1H2,(H3,9,10);2*2-5,8,13-15H,1H2,(H2,9,16). The topological polar surface area (TPSA) is 438 Å². The number of carbonyl (C=O) groups is 2. The molecule has 16 N–H and O–H groups in total. The molecule has 2 amide bonds. The molecular formula is C24H37N13O14. The summed E-state index contributed by atoms with van der Waals surface area (Å²) in [6, 6.07) is 0. The largest absolute Gasteiger partial charge is 0.394 e. The zero-order valence-electron chi connectivity index (χ0n) is 26.1. The number of hydrogen-bond donors (Lipinski definition) is 13. The predicted octanol–water partition coefficient (Wildman–Crippen LogP) is -8.85. The third-order valence-corrected chi connectivity index (χ3v) is 7.54. The normalized spacial score (nSPS) is 32.9. The minimum Gasteiger partial charge on any atom is -0.394 e. The number of primary amides is 2. The van der Waals surface area contributed by atoms with E-state index in [-0.39, 0.29) is 23.3 Å². The molecule has 3 aliphatic rings. The van der Waals surface area contributed by atoms with Crippen LogP contribution >= 0.6 is 0 Å². The van der Waals surface area contributed by atoms with E-state index in [0.717, 1.165) is 26.7 Å². The Bertz CT molecular complexity index is 1450. The predicted molar refractivity (Wildman–Crippen MR) is 157 cm³/mol. The number of amides is 2. The Kier molecular flexibility index (Phi) is 12.7. The number of hydrogen-bond acceptors (Lipinski definition) is 21. The van der Waals surface area contributed by atoms with Gasteiger partial charge in [-0.05, 0) is 0 Å². The SMILES string of the molecule is N=C(N)c1ncn(C2OC(CO)C(O)C2O)n1.NC(=O)c1ncn(C2OC(CO)C(O)C2O)n1.NC(=O)c1ncn(C2OC(CO)C(O)C2O)n1. The van der Waals surface area contributed by atoms with Crippen molar-refractivity contribution in [1.82, 2.24) is 44.3 Å². The average molecular weight is 732 g/mol. The third kappa shape index (κ3) is 8.46. The second kappa shape index (κ2) is 16.6. The van der Waals surface area contributed by atoms with Crippen LogP contribution in [-0.2, 0) is 14.2 Å². The Hall–Kier alpha value is -4.65. The molecule has 3 aromatic rings. The van der Waals surface area contributed by atoms with E-state index in [9.17, 15) is 40.2 Å². The fourth-order valence-corrected chi connectivity index (χ4v) is 4.84. The number of nitrogens with zero attached hydrogens (tertiary/aromatic N) is 9. The van der Waals surface area contributed by atoms with Crippen molar-refractivity contribution < 1.29 is 69.8 Å². The van der Waals surface area contributed by atoms with Gasteiger partial charge in [-0.3, -0.25) is 15.0 Å². The lowest BCUT2D eigenvalue weighted by molar-refractivity contribution is -0.0588. The summed E-state index contributed by atoms with van der Waals surface area (Å²) in [5.74, 6) is -2.37. The first-order valence-corrected chi connectivity index (χ1v) is 14.7. The summed E-state index contributed by atoms with van der Waals surface area (Å²) >= 11 is 0. The number of amidine groups is 1. The summed E-state index contributed by atoms with van der Waals surface area (Å²) < 4.78 is 18.9. The van der Waals surface area contributed by atoms with Gasteiger partial charge in [-0.15, -0.1) is 15.3 Å². The fourth-order valence-electron chi connectivity index (χ4n) is 4.84. The highest BCUT2D eigenvalue weighted by molar-refractivity contribution is 5.91. The molecule has 282 valence electrons. The zero-order chi connectivity index (χ0) is 37.7. The minimum absolute atomic E-state index is 0.00254. The molecule has 12 unspecified atom stereocenters. The number of nitrogen functional groups attached to an aromatic ring is 1. The van der Waals surface area contributed by atoms with E-state index in [4.69, 9.17) is 52.1 Å². The third-order valence-electron chi connectivity index (χ3n) is 7.54. The highest BCUT2D eigenvalue weighted by Gasteiger charge is 2.46. The van der Waals surface area contributed by atoms with Crippen molar-refractivity contribution in [2.45, 2.75) is 73.6 Å². The number of nitrogens with one attached hydrogen (secondary N) is 1. The van der Waals surface area contributed by atoms with Crippen LogP contribution in [0.4, 0.5) is 0 Å². The maximum atomic E-state index is 10.8. The van der Waals surface area contributed by atoms with E-state index >= 15 is 0 Å². The van der Waals surface area contributed by atoms with Crippen molar-refractivity contribution in [3.05, 3.63) is 36.5 Å². The smallest absolute Gasteiger partial charge is 0.288 e. The molecule has 0 saturated carbocycles.